The van der Waals surface area contributed by atoms with Crippen molar-refractivity contribution in [1.82, 2.24) is 0 Å². The molecule has 4 aromatic rings. The average Bonchev–Trinajstić information content (AvgIpc) is 3.66. The lowest BCUT2D eigenvalue weighted by Crippen LogP contribution is -2.20. The Bertz CT molecular complexity index is 1960. The highest BCUT2D eigenvalue weighted by Gasteiger charge is 2.38. The maximum absolute atomic E-state index is 9.79. The molecule has 0 saturated heterocycles. The van der Waals surface area contributed by atoms with E-state index in [0.29, 0.717) is 5.57 Å². The van der Waals surface area contributed by atoms with Crippen molar-refractivity contribution in [3.63, 3.8) is 0 Å². The summed E-state index contributed by atoms with van der Waals surface area (Å²) in [6.07, 6.45) is 10.1. The van der Waals surface area contributed by atoms with E-state index in [1.165, 1.54) is 0 Å². The Labute approximate surface area is 257 Å². The first kappa shape index (κ1) is 27.8. The van der Waals surface area contributed by atoms with Crippen molar-refractivity contribution in [3.05, 3.63) is 140 Å². The third-order valence-corrected chi connectivity index (χ3v) is 9.17. The Hall–Kier alpha value is -5.39. The van der Waals surface area contributed by atoms with Crippen molar-refractivity contribution in [2.24, 2.45) is 0 Å². The van der Waals surface area contributed by atoms with Crippen LogP contribution in [0.1, 0.15) is 34.7 Å². The third-order valence-electron chi connectivity index (χ3n) is 6.97. The Balaban J connectivity index is 1.32. The second-order valence-corrected chi connectivity index (χ2v) is 12.5. The molecule has 0 spiro atoms. The van der Waals surface area contributed by atoms with Gasteiger partial charge in [0.25, 0.3) is 0 Å². The lowest BCUT2D eigenvalue weighted by molar-refractivity contribution is 0.0954. The number of hydrogen-bond acceptors (Lipinski definition) is 7. The van der Waals surface area contributed by atoms with Crippen molar-refractivity contribution in [2.45, 2.75) is 19.4 Å². The van der Waals surface area contributed by atoms with E-state index in [0.717, 1.165) is 47.4 Å². The van der Waals surface area contributed by atoms with E-state index in [-0.39, 0.29) is 16.9 Å². The first-order valence-corrected chi connectivity index (χ1v) is 15.1. The molecule has 0 radical (unpaired) electrons. The summed E-state index contributed by atoms with van der Waals surface area (Å²) >= 11 is 3.37. The molecular weight excluding hydrogens is 571 g/mol. The third kappa shape index (κ3) is 5.59. The second kappa shape index (κ2) is 11.5. The average molecular weight is 594 g/mol. The van der Waals surface area contributed by atoms with E-state index < -0.39 is 5.60 Å². The second-order valence-electron chi connectivity index (χ2n) is 10.3. The van der Waals surface area contributed by atoms with Gasteiger partial charge in [-0.2, -0.15) is 15.8 Å². The predicted octanol–water partition coefficient (Wildman–Crippen LogP) is 9.40. The molecule has 0 saturated carbocycles. The highest BCUT2D eigenvalue weighted by Crippen LogP contribution is 2.42. The molecule has 2 aromatic heterocycles. The van der Waals surface area contributed by atoms with Gasteiger partial charge in [-0.15, -0.1) is 22.7 Å². The van der Waals surface area contributed by atoms with E-state index in [9.17, 15) is 15.8 Å². The summed E-state index contributed by atoms with van der Waals surface area (Å²) < 4.78 is 14.5. The summed E-state index contributed by atoms with van der Waals surface area (Å²) in [7, 11) is 0. The lowest BCUT2D eigenvalue weighted by Gasteiger charge is -2.20. The quantitative estimate of drug-likeness (QED) is 0.215. The minimum absolute atomic E-state index is 0.0454. The Morgan fingerprint density at radius 1 is 0.767 bits per heavy atom. The smallest absolute Gasteiger partial charge is 0.172 e. The highest BCUT2D eigenvalue weighted by molar-refractivity contribution is 7.28. The Morgan fingerprint density at radius 2 is 1.33 bits per heavy atom. The number of benzene rings is 2. The predicted molar refractivity (Wildman–Crippen MR) is 173 cm³/mol. The SMILES string of the molecule is CC1(C)OC(=C(C#N)C#N)C(C#N)=C1/C=C/c1cc2sc(C=C3C=C(c4ccccc4)OC(c4ccccc4)=C3)cc2s1. The van der Waals surface area contributed by atoms with Gasteiger partial charge in [0.15, 0.2) is 11.3 Å². The Morgan fingerprint density at radius 3 is 1.88 bits per heavy atom. The number of nitrogens with zero attached hydrogens (tertiary/aromatic N) is 3. The van der Waals surface area contributed by atoms with E-state index in [1.807, 2.05) is 98.8 Å². The molecule has 5 nitrogen and oxygen atoms in total. The first-order valence-electron chi connectivity index (χ1n) is 13.4. The van der Waals surface area contributed by atoms with Gasteiger partial charge in [-0.3, -0.25) is 0 Å². The number of nitriles is 3. The molecule has 0 N–H and O–H groups in total. The van der Waals surface area contributed by atoms with Gasteiger partial charge < -0.3 is 9.47 Å². The molecule has 6 rings (SSSR count). The van der Waals surface area contributed by atoms with Crippen molar-refractivity contribution in [3.8, 4) is 18.2 Å². The van der Waals surface area contributed by atoms with Gasteiger partial charge in [0.05, 0.1) is 0 Å². The van der Waals surface area contributed by atoms with Crippen LogP contribution in [0.25, 0.3) is 33.1 Å². The largest absolute Gasteiger partial charge is 0.480 e. The summed E-state index contributed by atoms with van der Waals surface area (Å²) in [6, 6.07) is 30.3. The van der Waals surface area contributed by atoms with Gasteiger partial charge in [0, 0.05) is 35.9 Å². The normalized spacial score (nSPS) is 15.7. The van der Waals surface area contributed by atoms with Crippen LogP contribution < -0.4 is 0 Å². The number of fused-ring (bicyclic) bond motifs is 1. The molecule has 0 unspecified atom stereocenters. The van der Waals surface area contributed by atoms with Crippen LogP contribution in [0.15, 0.2) is 119 Å². The number of allylic oxidation sites excluding steroid dienone is 5. The van der Waals surface area contributed by atoms with Gasteiger partial charge in [0.2, 0.25) is 0 Å². The molecular formula is C36H23N3O2S2. The zero-order chi connectivity index (χ0) is 30.0. The van der Waals surface area contributed by atoms with Gasteiger partial charge in [-0.05, 0) is 55.9 Å². The van der Waals surface area contributed by atoms with Crippen LogP contribution in [-0.4, -0.2) is 5.60 Å². The van der Waals surface area contributed by atoms with E-state index in [4.69, 9.17) is 9.47 Å². The first-order chi connectivity index (χ1) is 20.9. The van der Waals surface area contributed by atoms with E-state index in [2.05, 4.69) is 36.4 Å². The molecule has 2 aliphatic rings. The van der Waals surface area contributed by atoms with Gasteiger partial charge in [-0.25, -0.2) is 0 Å². The van der Waals surface area contributed by atoms with Crippen LogP contribution in [0.2, 0.25) is 0 Å². The molecule has 0 aliphatic carbocycles. The topological polar surface area (TPSA) is 89.8 Å². The van der Waals surface area contributed by atoms with Crippen LogP contribution in [0.5, 0.6) is 0 Å². The molecule has 2 aliphatic heterocycles. The number of ether oxygens (including phenoxy) is 2. The molecule has 0 fully saturated rings. The molecule has 206 valence electrons. The maximum atomic E-state index is 9.79. The monoisotopic (exact) mass is 593 g/mol. The number of thiophene rings is 2. The van der Waals surface area contributed by atoms with Crippen molar-refractivity contribution < 1.29 is 9.47 Å². The van der Waals surface area contributed by atoms with Crippen LogP contribution >= 0.6 is 22.7 Å². The fourth-order valence-electron chi connectivity index (χ4n) is 4.93. The fraction of sp³-hybridized carbons (Fsp3) is 0.0833. The summed E-state index contributed by atoms with van der Waals surface area (Å²) in [4.78, 5) is 2.17. The van der Waals surface area contributed by atoms with Gasteiger partial charge >= 0.3 is 0 Å². The van der Waals surface area contributed by atoms with Crippen molar-refractivity contribution in [2.75, 3.05) is 0 Å². The zero-order valence-corrected chi connectivity index (χ0v) is 24.9. The molecule has 2 aromatic carbocycles. The Kier molecular flexibility index (Phi) is 7.41. The molecule has 4 heterocycles. The van der Waals surface area contributed by atoms with Crippen LogP contribution in [0, 0.1) is 34.0 Å². The fourth-order valence-corrected chi connectivity index (χ4v) is 7.22. The van der Waals surface area contributed by atoms with E-state index in [1.54, 1.807) is 22.7 Å². The van der Waals surface area contributed by atoms with Crippen molar-refractivity contribution >= 4 is 55.7 Å². The summed E-state index contributed by atoms with van der Waals surface area (Å²) in [5.74, 6) is 1.65. The van der Waals surface area contributed by atoms with E-state index >= 15 is 0 Å². The minimum Gasteiger partial charge on any atom is -0.480 e. The molecule has 0 atom stereocenters. The van der Waals surface area contributed by atoms with Crippen LogP contribution in [0.3, 0.4) is 0 Å². The molecule has 0 bridgehead atoms. The maximum Gasteiger partial charge on any atom is 0.172 e. The summed E-state index contributed by atoms with van der Waals surface area (Å²) in [5.41, 5.74) is 2.89. The van der Waals surface area contributed by atoms with Crippen LogP contribution in [-0.2, 0) is 9.47 Å². The molecule has 7 heteroatoms. The van der Waals surface area contributed by atoms with Crippen molar-refractivity contribution in [1.29, 1.82) is 15.8 Å². The van der Waals surface area contributed by atoms with Gasteiger partial charge in [-0.1, -0.05) is 66.7 Å². The molecule has 43 heavy (non-hydrogen) atoms. The minimum atomic E-state index is -0.841. The summed E-state index contributed by atoms with van der Waals surface area (Å²) in [6.45, 7) is 3.64. The standard InChI is InChI=1S/C36H23N3O2S2/c1-36(2)30(29(22-39)35(41-36)26(20-37)21-38)14-13-27-18-33-34(42-27)19-28(43-33)15-23-16-31(24-9-5-3-6-10-24)40-32(17-23)25-11-7-4-8-12-25/h3-19H,1-2H3/b14-13+. The zero-order valence-electron chi connectivity index (χ0n) is 23.3. The number of hydrogen-bond donors (Lipinski definition) is 0. The molecule has 0 amide bonds. The highest BCUT2D eigenvalue weighted by atomic mass is 32.1. The van der Waals surface area contributed by atoms with Gasteiger partial charge in [0.1, 0.15) is 40.9 Å². The summed E-state index contributed by atoms with van der Waals surface area (Å²) in [5, 5.41) is 28.4. The number of rotatable bonds is 5. The van der Waals surface area contributed by atoms with Crippen LogP contribution in [0.4, 0.5) is 0 Å². The lowest BCUT2D eigenvalue weighted by atomic mass is 9.94.